The number of hydrogen-bond donors (Lipinski definition) is 0. The van der Waals surface area contributed by atoms with E-state index >= 15 is 0 Å². The third-order valence-electron chi connectivity index (χ3n) is 2.91. The summed E-state index contributed by atoms with van der Waals surface area (Å²) in [5.74, 6) is 0.523. The molecule has 0 bridgehead atoms. The average Bonchev–Trinajstić information content (AvgIpc) is 2.57. The smallest absolute Gasteiger partial charge is 0.319 e. The second kappa shape index (κ2) is 8.95. The Morgan fingerprint density at radius 3 is 2.19 bits per heavy atom. The summed E-state index contributed by atoms with van der Waals surface area (Å²) >= 11 is 0. The minimum absolute atomic E-state index is 0.309. The molecule has 0 amide bonds. The number of aromatic nitrogens is 2. The fraction of sp³-hybridized carbons (Fsp3) is 0.412. The fourth-order valence-electron chi connectivity index (χ4n) is 1.94. The van der Waals surface area contributed by atoms with Crippen molar-refractivity contribution in [2.24, 2.45) is 0 Å². The Hall–Kier alpha value is -2.10. The van der Waals surface area contributed by atoms with Crippen molar-refractivity contribution in [1.82, 2.24) is 9.97 Å². The number of methoxy groups -OCH3 is 2. The Labute approximate surface area is 127 Å². The molecule has 2 rings (SSSR count). The van der Waals surface area contributed by atoms with E-state index in [4.69, 9.17) is 9.47 Å². The molecule has 2 aromatic rings. The van der Waals surface area contributed by atoms with E-state index in [2.05, 4.69) is 41.2 Å². The molecule has 1 aromatic heterocycles. The second-order valence-electron chi connectivity index (χ2n) is 4.23. The van der Waals surface area contributed by atoms with E-state index in [1.54, 1.807) is 13.3 Å². The molecule has 0 N–H and O–H groups in total. The van der Waals surface area contributed by atoms with Crippen molar-refractivity contribution in [3.63, 3.8) is 0 Å². The second-order valence-corrected chi connectivity index (χ2v) is 4.23. The first-order chi connectivity index (χ1) is 10.3. The molecule has 0 radical (unpaired) electrons. The molecule has 0 aliphatic carbocycles. The van der Waals surface area contributed by atoms with Crippen LogP contribution < -0.4 is 9.47 Å². The van der Waals surface area contributed by atoms with Crippen molar-refractivity contribution in [1.29, 1.82) is 0 Å². The van der Waals surface area contributed by atoms with Crippen molar-refractivity contribution < 1.29 is 9.47 Å². The zero-order valence-electron chi connectivity index (χ0n) is 13.5. The Bertz CT molecular complexity index is 539. The quantitative estimate of drug-likeness (QED) is 0.829. The Balaban J connectivity index is 0.00000106. The minimum atomic E-state index is 0.309. The zero-order valence-corrected chi connectivity index (χ0v) is 13.5. The molecule has 0 saturated heterocycles. The van der Waals surface area contributed by atoms with Crippen LogP contribution in [0.15, 0.2) is 30.5 Å². The lowest BCUT2D eigenvalue weighted by Gasteiger charge is -2.09. The molecule has 1 aromatic carbocycles. The van der Waals surface area contributed by atoms with E-state index in [9.17, 15) is 0 Å². The number of aryl methyl sites for hydroxylation is 1. The molecular formula is C17H24N2O2. The molecule has 4 heteroatoms. The maximum atomic E-state index is 5.29. The van der Waals surface area contributed by atoms with Crippen LogP contribution in [0, 0.1) is 0 Å². The van der Waals surface area contributed by atoms with Crippen molar-refractivity contribution in [2.75, 3.05) is 14.2 Å². The highest BCUT2D eigenvalue weighted by Crippen LogP contribution is 2.28. The van der Waals surface area contributed by atoms with Crippen LogP contribution in [-0.4, -0.2) is 24.2 Å². The predicted octanol–water partition coefficient (Wildman–Crippen LogP) is 4.14. The van der Waals surface area contributed by atoms with Crippen LogP contribution in [0.3, 0.4) is 0 Å². The third-order valence-corrected chi connectivity index (χ3v) is 2.91. The average molecular weight is 288 g/mol. The van der Waals surface area contributed by atoms with Gasteiger partial charge in [0.2, 0.25) is 5.88 Å². The summed E-state index contributed by atoms with van der Waals surface area (Å²) in [4.78, 5) is 8.32. The minimum Gasteiger partial charge on any atom is -0.480 e. The standard InChI is InChI=1S/C15H18N2O2.C2H6/c1-4-5-11-6-8-12(9-7-11)13-10-16-15(19-3)17-14(13)18-2;1-2/h6-10H,4-5H2,1-3H3;1-2H3. The van der Waals surface area contributed by atoms with E-state index in [-0.39, 0.29) is 0 Å². The first-order valence-electron chi connectivity index (χ1n) is 7.32. The normalized spacial score (nSPS) is 9.57. The summed E-state index contributed by atoms with van der Waals surface area (Å²) in [6.07, 6.45) is 3.96. The van der Waals surface area contributed by atoms with Crippen LogP contribution in [0.25, 0.3) is 11.1 Å². The lowest BCUT2D eigenvalue weighted by atomic mass is 10.0. The summed E-state index contributed by atoms with van der Waals surface area (Å²) in [5.41, 5.74) is 3.24. The number of hydrogen-bond acceptors (Lipinski definition) is 4. The molecule has 0 unspecified atom stereocenters. The highest BCUT2D eigenvalue weighted by Gasteiger charge is 2.10. The van der Waals surface area contributed by atoms with Gasteiger partial charge in [0.1, 0.15) is 0 Å². The van der Waals surface area contributed by atoms with Gasteiger partial charge in [0.05, 0.1) is 19.8 Å². The van der Waals surface area contributed by atoms with Gasteiger partial charge in [-0.3, -0.25) is 0 Å². The van der Waals surface area contributed by atoms with E-state index in [0.29, 0.717) is 11.9 Å². The van der Waals surface area contributed by atoms with Gasteiger partial charge < -0.3 is 9.47 Å². The molecule has 0 spiro atoms. The molecule has 1 heterocycles. The monoisotopic (exact) mass is 288 g/mol. The number of nitrogens with zero attached hydrogens (tertiary/aromatic N) is 2. The molecule has 0 fully saturated rings. The lowest BCUT2D eigenvalue weighted by Crippen LogP contribution is -1.97. The largest absolute Gasteiger partial charge is 0.480 e. The topological polar surface area (TPSA) is 44.2 Å². The van der Waals surface area contributed by atoms with Crippen LogP contribution in [0.1, 0.15) is 32.8 Å². The van der Waals surface area contributed by atoms with Crippen LogP contribution >= 0.6 is 0 Å². The van der Waals surface area contributed by atoms with Gasteiger partial charge in [-0.1, -0.05) is 51.5 Å². The van der Waals surface area contributed by atoms with E-state index < -0.39 is 0 Å². The molecule has 0 atom stereocenters. The van der Waals surface area contributed by atoms with Crippen LogP contribution in [0.2, 0.25) is 0 Å². The highest BCUT2D eigenvalue weighted by molar-refractivity contribution is 5.68. The summed E-state index contributed by atoms with van der Waals surface area (Å²) in [6.45, 7) is 6.17. The van der Waals surface area contributed by atoms with Crippen molar-refractivity contribution in [2.45, 2.75) is 33.6 Å². The third kappa shape index (κ3) is 4.45. The first-order valence-corrected chi connectivity index (χ1v) is 7.32. The fourth-order valence-corrected chi connectivity index (χ4v) is 1.94. The summed E-state index contributed by atoms with van der Waals surface area (Å²) < 4.78 is 10.3. The SMILES string of the molecule is CC.CCCc1ccc(-c2cnc(OC)nc2OC)cc1. The number of benzene rings is 1. The van der Waals surface area contributed by atoms with Crippen molar-refractivity contribution in [3.8, 4) is 23.0 Å². The van der Waals surface area contributed by atoms with Gasteiger partial charge in [0.25, 0.3) is 0 Å². The lowest BCUT2D eigenvalue weighted by molar-refractivity contribution is 0.353. The van der Waals surface area contributed by atoms with Gasteiger partial charge in [0, 0.05) is 6.20 Å². The van der Waals surface area contributed by atoms with Gasteiger partial charge in [-0.15, -0.1) is 0 Å². The van der Waals surface area contributed by atoms with E-state index in [0.717, 1.165) is 24.0 Å². The Kier molecular flexibility index (Phi) is 7.23. The van der Waals surface area contributed by atoms with Crippen molar-refractivity contribution in [3.05, 3.63) is 36.0 Å². The van der Waals surface area contributed by atoms with E-state index in [1.807, 2.05) is 13.8 Å². The molecule has 21 heavy (non-hydrogen) atoms. The van der Waals surface area contributed by atoms with Crippen LogP contribution in [0.4, 0.5) is 0 Å². The van der Waals surface area contributed by atoms with Crippen LogP contribution in [-0.2, 0) is 6.42 Å². The molecular weight excluding hydrogens is 264 g/mol. The first kappa shape index (κ1) is 17.0. The number of rotatable bonds is 5. The zero-order chi connectivity index (χ0) is 15.7. The maximum absolute atomic E-state index is 5.29. The summed E-state index contributed by atoms with van der Waals surface area (Å²) in [6, 6.07) is 8.70. The van der Waals surface area contributed by atoms with Gasteiger partial charge in [0.15, 0.2) is 0 Å². The van der Waals surface area contributed by atoms with E-state index in [1.165, 1.54) is 12.7 Å². The van der Waals surface area contributed by atoms with Gasteiger partial charge in [-0.05, 0) is 17.5 Å². The van der Waals surface area contributed by atoms with Gasteiger partial charge >= 0.3 is 6.01 Å². The molecule has 0 aliphatic heterocycles. The molecule has 4 nitrogen and oxygen atoms in total. The molecule has 114 valence electrons. The predicted molar refractivity (Wildman–Crippen MR) is 85.9 cm³/mol. The molecule has 0 aliphatic rings. The van der Waals surface area contributed by atoms with Crippen LogP contribution in [0.5, 0.6) is 11.9 Å². The van der Waals surface area contributed by atoms with Gasteiger partial charge in [-0.25, -0.2) is 4.98 Å². The van der Waals surface area contributed by atoms with Gasteiger partial charge in [-0.2, -0.15) is 4.98 Å². The number of ether oxygens (including phenoxy) is 2. The molecule has 0 saturated carbocycles. The Morgan fingerprint density at radius 2 is 1.67 bits per heavy atom. The Morgan fingerprint density at radius 1 is 1.00 bits per heavy atom. The maximum Gasteiger partial charge on any atom is 0.319 e. The van der Waals surface area contributed by atoms with Crippen molar-refractivity contribution >= 4 is 0 Å². The highest BCUT2D eigenvalue weighted by atomic mass is 16.5. The summed E-state index contributed by atoms with van der Waals surface area (Å²) in [5, 5.41) is 0. The summed E-state index contributed by atoms with van der Waals surface area (Å²) in [7, 11) is 3.13.